The molecule has 3 rings (SSSR count). The van der Waals surface area contributed by atoms with Crippen LogP contribution in [-0.4, -0.2) is 31.4 Å². The van der Waals surface area contributed by atoms with E-state index in [0.29, 0.717) is 24.0 Å². The van der Waals surface area contributed by atoms with E-state index in [-0.39, 0.29) is 6.04 Å². The first-order valence-electron chi connectivity index (χ1n) is 7.44. The van der Waals surface area contributed by atoms with Gasteiger partial charge < -0.3 is 5.32 Å². The normalized spacial score (nSPS) is 24.4. The maximum absolute atomic E-state index is 12.9. The first-order valence-corrected chi connectivity index (χ1v) is 9.76. The molecule has 1 saturated carbocycles. The molecule has 1 aliphatic heterocycles. The van der Waals surface area contributed by atoms with Crippen LogP contribution in [0.3, 0.4) is 0 Å². The summed E-state index contributed by atoms with van der Waals surface area (Å²) in [6.07, 6.45) is 5.32. The summed E-state index contributed by atoms with van der Waals surface area (Å²) in [5.41, 5.74) is 0. The van der Waals surface area contributed by atoms with Crippen molar-refractivity contribution in [1.29, 1.82) is 0 Å². The second-order valence-corrected chi connectivity index (χ2v) is 8.54. The van der Waals surface area contributed by atoms with Crippen LogP contribution in [0.25, 0.3) is 0 Å². The highest BCUT2D eigenvalue weighted by Crippen LogP contribution is 2.32. The van der Waals surface area contributed by atoms with Crippen LogP contribution in [0.4, 0.5) is 0 Å². The van der Waals surface area contributed by atoms with Gasteiger partial charge in [0.15, 0.2) is 0 Å². The van der Waals surface area contributed by atoms with Crippen molar-refractivity contribution in [2.24, 2.45) is 0 Å². The summed E-state index contributed by atoms with van der Waals surface area (Å²) < 4.78 is 27.4. The Labute approximate surface area is 125 Å². The van der Waals surface area contributed by atoms with E-state index in [1.165, 1.54) is 12.8 Å². The van der Waals surface area contributed by atoms with E-state index in [4.69, 9.17) is 0 Å². The molecule has 1 atom stereocenters. The summed E-state index contributed by atoms with van der Waals surface area (Å²) in [6, 6.07) is 2.56. The standard InChI is InChI=1S/C14H22N2O2S2/c1-2-12-4-3-8-16(12)20(17,18)14-7-9-19-13(14)10-15-11-5-6-11/h7,9,11-12,15H,2-6,8,10H2,1H3. The lowest BCUT2D eigenvalue weighted by Crippen LogP contribution is -2.35. The van der Waals surface area contributed by atoms with Gasteiger partial charge in [0.25, 0.3) is 0 Å². The zero-order valence-corrected chi connectivity index (χ0v) is 13.5. The van der Waals surface area contributed by atoms with Crippen LogP contribution >= 0.6 is 11.3 Å². The van der Waals surface area contributed by atoms with Gasteiger partial charge in [-0.15, -0.1) is 11.3 Å². The maximum Gasteiger partial charge on any atom is 0.244 e. The van der Waals surface area contributed by atoms with Crippen LogP contribution in [-0.2, 0) is 16.6 Å². The second-order valence-electron chi connectivity index (χ2n) is 5.68. The van der Waals surface area contributed by atoms with Gasteiger partial charge in [-0.1, -0.05) is 6.92 Å². The highest BCUT2D eigenvalue weighted by molar-refractivity contribution is 7.89. The number of sulfonamides is 1. The average molecular weight is 314 g/mol. The molecule has 4 nitrogen and oxygen atoms in total. The molecule has 1 aliphatic carbocycles. The van der Waals surface area contributed by atoms with Gasteiger partial charge in [-0.05, 0) is 43.6 Å². The van der Waals surface area contributed by atoms with E-state index in [0.717, 1.165) is 24.1 Å². The molecule has 1 aromatic rings. The van der Waals surface area contributed by atoms with Crippen molar-refractivity contribution in [3.8, 4) is 0 Å². The molecule has 1 aromatic heterocycles. The molecule has 0 bridgehead atoms. The van der Waals surface area contributed by atoms with Gasteiger partial charge in [-0.2, -0.15) is 4.31 Å². The highest BCUT2D eigenvalue weighted by atomic mass is 32.2. The molecule has 0 aromatic carbocycles. The summed E-state index contributed by atoms with van der Waals surface area (Å²) >= 11 is 1.55. The summed E-state index contributed by atoms with van der Waals surface area (Å²) in [6.45, 7) is 3.43. The summed E-state index contributed by atoms with van der Waals surface area (Å²) in [5.74, 6) is 0. The molecule has 20 heavy (non-hydrogen) atoms. The van der Waals surface area contributed by atoms with Crippen LogP contribution in [0.2, 0.25) is 0 Å². The van der Waals surface area contributed by atoms with Crippen molar-refractivity contribution in [3.63, 3.8) is 0 Å². The first-order chi connectivity index (χ1) is 9.63. The molecule has 0 amide bonds. The molecule has 2 heterocycles. The maximum atomic E-state index is 12.9. The Hall–Kier alpha value is -0.430. The van der Waals surface area contributed by atoms with Gasteiger partial charge in [-0.3, -0.25) is 0 Å². The predicted octanol–water partition coefficient (Wildman–Crippen LogP) is 2.56. The Morgan fingerprint density at radius 1 is 1.40 bits per heavy atom. The van der Waals surface area contributed by atoms with Crippen LogP contribution in [0.15, 0.2) is 16.3 Å². The Bertz CT molecular complexity index is 563. The first kappa shape index (κ1) is 14.5. The van der Waals surface area contributed by atoms with Gasteiger partial charge in [0.2, 0.25) is 10.0 Å². The van der Waals surface area contributed by atoms with Gasteiger partial charge >= 0.3 is 0 Å². The molecule has 1 unspecified atom stereocenters. The zero-order valence-electron chi connectivity index (χ0n) is 11.8. The van der Waals surface area contributed by atoms with Crippen molar-refractivity contribution in [1.82, 2.24) is 9.62 Å². The van der Waals surface area contributed by atoms with Gasteiger partial charge in [-0.25, -0.2) is 8.42 Å². The van der Waals surface area contributed by atoms with E-state index in [1.54, 1.807) is 21.7 Å². The molecule has 6 heteroatoms. The second kappa shape index (κ2) is 5.75. The lowest BCUT2D eigenvalue weighted by Gasteiger charge is -2.23. The number of rotatable bonds is 6. The van der Waals surface area contributed by atoms with Crippen LogP contribution < -0.4 is 5.32 Å². The van der Waals surface area contributed by atoms with E-state index in [2.05, 4.69) is 12.2 Å². The minimum absolute atomic E-state index is 0.184. The van der Waals surface area contributed by atoms with Crippen LogP contribution in [0.1, 0.15) is 43.9 Å². The van der Waals surface area contributed by atoms with Gasteiger partial charge in [0.1, 0.15) is 0 Å². The molecule has 2 aliphatic rings. The largest absolute Gasteiger partial charge is 0.309 e. The Morgan fingerprint density at radius 3 is 2.90 bits per heavy atom. The fourth-order valence-electron chi connectivity index (χ4n) is 2.87. The van der Waals surface area contributed by atoms with Crippen molar-refractivity contribution in [2.75, 3.05) is 6.54 Å². The molecule has 1 saturated heterocycles. The van der Waals surface area contributed by atoms with Crippen molar-refractivity contribution in [3.05, 3.63) is 16.3 Å². The zero-order chi connectivity index (χ0) is 14.2. The number of nitrogens with zero attached hydrogens (tertiary/aromatic N) is 1. The SMILES string of the molecule is CCC1CCCN1S(=O)(=O)c1ccsc1CNC1CC1. The molecule has 0 radical (unpaired) electrons. The van der Waals surface area contributed by atoms with E-state index in [9.17, 15) is 8.42 Å². The third-order valence-electron chi connectivity index (χ3n) is 4.21. The molecule has 0 spiro atoms. The molecular formula is C14H22N2O2S2. The lowest BCUT2D eigenvalue weighted by molar-refractivity contribution is 0.379. The number of nitrogens with one attached hydrogen (secondary N) is 1. The molecule has 1 N–H and O–H groups in total. The fourth-order valence-corrected chi connectivity index (χ4v) is 6.01. The predicted molar refractivity (Wildman–Crippen MR) is 81.4 cm³/mol. The quantitative estimate of drug-likeness (QED) is 0.878. The molecule has 2 fully saturated rings. The van der Waals surface area contributed by atoms with E-state index >= 15 is 0 Å². The van der Waals surface area contributed by atoms with Crippen LogP contribution in [0, 0.1) is 0 Å². The summed E-state index contributed by atoms with van der Waals surface area (Å²) in [7, 11) is -3.31. The van der Waals surface area contributed by atoms with Gasteiger partial charge in [0, 0.05) is 30.1 Å². The minimum atomic E-state index is -3.31. The monoisotopic (exact) mass is 314 g/mol. The number of hydrogen-bond donors (Lipinski definition) is 1. The average Bonchev–Trinajstić information content (AvgIpc) is 2.95. The van der Waals surface area contributed by atoms with Crippen molar-refractivity contribution >= 4 is 21.4 Å². The minimum Gasteiger partial charge on any atom is -0.309 e. The Balaban J connectivity index is 1.81. The Kier molecular flexibility index (Phi) is 4.17. The lowest BCUT2D eigenvalue weighted by atomic mass is 10.2. The number of thiophene rings is 1. The highest BCUT2D eigenvalue weighted by Gasteiger charge is 2.35. The van der Waals surface area contributed by atoms with E-state index in [1.807, 2.05) is 5.38 Å². The topological polar surface area (TPSA) is 49.4 Å². The van der Waals surface area contributed by atoms with E-state index < -0.39 is 10.0 Å². The Morgan fingerprint density at radius 2 is 2.20 bits per heavy atom. The van der Waals surface area contributed by atoms with Crippen molar-refractivity contribution < 1.29 is 8.42 Å². The van der Waals surface area contributed by atoms with Crippen molar-refractivity contribution in [2.45, 2.75) is 62.6 Å². The number of hydrogen-bond acceptors (Lipinski definition) is 4. The third kappa shape index (κ3) is 2.79. The summed E-state index contributed by atoms with van der Waals surface area (Å²) in [4.78, 5) is 1.48. The third-order valence-corrected chi connectivity index (χ3v) is 7.30. The molecule has 112 valence electrons. The molecular weight excluding hydrogens is 292 g/mol. The fraction of sp³-hybridized carbons (Fsp3) is 0.714. The van der Waals surface area contributed by atoms with Gasteiger partial charge in [0.05, 0.1) is 4.90 Å². The van der Waals surface area contributed by atoms with Crippen LogP contribution in [0.5, 0.6) is 0 Å². The summed E-state index contributed by atoms with van der Waals surface area (Å²) in [5, 5.41) is 5.31. The smallest absolute Gasteiger partial charge is 0.244 e.